The van der Waals surface area contributed by atoms with Gasteiger partial charge in [-0.2, -0.15) is 0 Å². The number of pyridine rings is 1. The van der Waals surface area contributed by atoms with Gasteiger partial charge in [0, 0.05) is 22.5 Å². The predicted molar refractivity (Wildman–Crippen MR) is 78.0 cm³/mol. The SMILES string of the molecule is Cc1cc2c(Cl)ccnc2cc1-c1csc(C=O)n1. The zero-order chi connectivity index (χ0) is 13.4. The quantitative estimate of drug-likeness (QED) is 0.666. The molecule has 0 radical (unpaired) electrons. The smallest absolute Gasteiger partial charge is 0.178 e. The molecular formula is C14H9ClN2OS. The van der Waals surface area contributed by atoms with Crippen LogP contribution in [-0.4, -0.2) is 16.3 Å². The Morgan fingerprint density at radius 1 is 1.37 bits per heavy atom. The van der Waals surface area contributed by atoms with E-state index in [9.17, 15) is 4.79 Å². The molecule has 2 heterocycles. The molecule has 0 atom stereocenters. The highest BCUT2D eigenvalue weighted by Crippen LogP contribution is 2.30. The van der Waals surface area contributed by atoms with E-state index in [1.165, 1.54) is 11.3 Å². The van der Waals surface area contributed by atoms with Crippen LogP contribution in [-0.2, 0) is 0 Å². The van der Waals surface area contributed by atoms with E-state index in [0.29, 0.717) is 10.0 Å². The zero-order valence-corrected chi connectivity index (χ0v) is 11.6. The molecule has 0 fully saturated rings. The van der Waals surface area contributed by atoms with Crippen molar-refractivity contribution in [3.8, 4) is 11.3 Å². The number of hydrogen-bond donors (Lipinski definition) is 0. The molecule has 0 aliphatic rings. The number of benzene rings is 1. The van der Waals surface area contributed by atoms with E-state index in [-0.39, 0.29) is 0 Å². The van der Waals surface area contributed by atoms with Crippen molar-refractivity contribution in [2.45, 2.75) is 6.92 Å². The standard InChI is InChI=1S/C14H9ClN2OS/c1-8-4-10-11(15)2-3-16-12(10)5-9(8)13-7-19-14(6-18)17-13/h2-7H,1H3. The maximum Gasteiger partial charge on any atom is 0.178 e. The van der Waals surface area contributed by atoms with Crippen LogP contribution in [0.1, 0.15) is 15.4 Å². The number of aromatic nitrogens is 2. The van der Waals surface area contributed by atoms with Gasteiger partial charge in [-0.3, -0.25) is 9.78 Å². The molecule has 94 valence electrons. The van der Waals surface area contributed by atoms with E-state index in [2.05, 4.69) is 9.97 Å². The van der Waals surface area contributed by atoms with Gasteiger partial charge in [0.25, 0.3) is 0 Å². The molecule has 0 spiro atoms. The minimum absolute atomic E-state index is 0.480. The fraction of sp³-hybridized carbons (Fsp3) is 0.0714. The van der Waals surface area contributed by atoms with E-state index >= 15 is 0 Å². The lowest BCUT2D eigenvalue weighted by Gasteiger charge is -2.06. The highest BCUT2D eigenvalue weighted by molar-refractivity contribution is 7.11. The Balaban J connectivity index is 2.24. The highest BCUT2D eigenvalue weighted by Gasteiger charge is 2.10. The molecule has 3 aromatic rings. The molecule has 0 N–H and O–H groups in total. The summed E-state index contributed by atoms with van der Waals surface area (Å²) in [5, 5.41) is 3.97. The van der Waals surface area contributed by atoms with Gasteiger partial charge < -0.3 is 0 Å². The van der Waals surface area contributed by atoms with Gasteiger partial charge >= 0.3 is 0 Å². The second-order valence-electron chi connectivity index (χ2n) is 4.17. The fourth-order valence-electron chi connectivity index (χ4n) is 2.01. The molecule has 3 rings (SSSR count). The van der Waals surface area contributed by atoms with Gasteiger partial charge in [-0.15, -0.1) is 11.3 Å². The van der Waals surface area contributed by atoms with Crippen LogP contribution in [0.15, 0.2) is 29.8 Å². The first-order valence-corrected chi connectivity index (χ1v) is 6.91. The summed E-state index contributed by atoms with van der Waals surface area (Å²) in [4.78, 5) is 19.3. The highest BCUT2D eigenvalue weighted by atomic mass is 35.5. The van der Waals surface area contributed by atoms with Crippen LogP contribution >= 0.6 is 22.9 Å². The molecule has 2 aromatic heterocycles. The van der Waals surface area contributed by atoms with Crippen molar-refractivity contribution in [3.05, 3.63) is 45.4 Å². The predicted octanol–water partition coefficient (Wildman–Crippen LogP) is 4.13. The van der Waals surface area contributed by atoms with Crippen molar-refractivity contribution in [1.82, 2.24) is 9.97 Å². The summed E-state index contributed by atoms with van der Waals surface area (Å²) >= 11 is 7.49. The van der Waals surface area contributed by atoms with E-state index in [1.54, 1.807) is 12.3 Å². The Hall–Kier alpha value is -1.78. The number of aldehydes is 1. The van der Waals surface area contributed by atoms with Crippen LogP contribution in [0.2, 0.25) is 5.02 Å². The Bertz CT molecular complexity index is 782. The van der Waals surface area contributed by atoms with Crippen molar-refractivity contribution in [2.75, 3.05) is 0 Å². The minimum Gasteiger partial charge on any atom is -0.295 e. The zero-order valence-electron chi connectivity index (χ0n) is 10.1. The molecule has 0 bridgehead atoms. The number of aryl methyl sites for hydroxylation is 1. The summed E-state index contributed by atoms with van der Waals surface area (Å²) < 4.78 is 0. The third kappa shape index (κ3) is 2.13. The lowest BCUT2D eigenvalue weighted by atomic mass is 10.0. The number of halogens is 1. The van der Waals surface area contributed by atoms with Gasteiger partial charge in [-0.25, -0.2) is 4.98 Å². The molecular weight excluding hydrogens is 280 g/mol. The third-order valence-corrected chi connectivity index (χ3v) is 4.03. The molecule has 5 heteroatoms. The van der Waals surface area contributed by atoms with Crippen LogP contribution in [0.25, 0.3) is 22.2 Å². The lowest BCUT2D eigenvalue weighted by molar-refractivity contribution is 0.112. The number of nitrogens with zero attached hydrogens (tertiary/aromatic N) is 2. The number of carbonyl (C=O) groups is 1. The van der Waals surface area contributed by atoms with Crippen molar-refractivity contribution < 1.29 is 4.79 Å². The largest absolute Gasteiger partial charge is 0.295 e. The summed E-state index contributed by atoms with van der Waals surface area (Å²) in [6, 6.07) is 5.73. The monoisotopic (exact) mass is 288 g/mol. The number of fused-ring (bicyclic) bond motifs is 1. The average molecular weight is 289 g/mol. The van der Waals surface area contributed by atoms with Gasteiger partial charge in [0.2, 0.25) is 0 Å². The minimum atomic E-state index is 0.480. The van der Waals surface area contributed by atoms with Crippen LogP contribution < -0.4 is 0 Å². The van der Waals surface area contributed by atoms with Gasteiger partial charge in [-0.05, 0) is 30.7 Å². The number of carbonyl (C=O) groups excluding carboxylic acids is 1. The van der Waals surface area contributed by atoms with E-state index in [1.807, 2.05) is 24.4 Å². The van der Waals surface area contributed by atoms with Crippen molar-refractivity contribution in [3.63, 3.8) is 0 Å². The summed E-state index contributed by atoms with van der Waals surface area (Å²) in [5.74, 6) is 0. The number of hydrogen-bond acceptors (Lipinski definition) is 4. The molecule has 0 amide bonds. The Morgan fingerprint density at radius 2 is 2.21 bits per heavy atom. The second kappa shape index (κ2) is 4.72. The number of rotatable bonds is 2. The third-order valence-electron chi connectivity index (χ3n) is 2.93. The van der Waals surface area contributed by atoms with Crippen LogP contribution in [0.5, 0.6) is 0 Å². The van der Waals surface area contributed by atoms with Gasteiger partial charge in [0.1, 0.15) is 0 Å². The van der Waals surface area contributed by atoms with E-state index in [0.717, 1.165) is 34.0 Å². The first kappa shape index (κ1) is 12.3. The van der Waals surface area contributed by atoms with Gasteiger partial charge in [-0.1, -0.05) is 11.6 Å². The average Bonchev–Trinajstić information content (AvgIpc) is 2.88. The van der Waals surface area contributed by atoms with Crippen LogP contribution in [0, 0.1) is 6.92 Å². The second-order valence-corrected chi connectivity index (χ2v) is 5.46. The Morgan fingerprint density at radius 3 is 2.95 bits per heavy atom. The van der Waals surface area contributed by atoms with E-state index in [4.69, 9.17) is 11.6 Å². The first-order chi connectivity index (χ1) is 9.19. The summed E-state index contributed by atoms with van der Waals surface area (Å²) in [6.07, 6.45) is 2.45. The van der Waals surface area contributed by atoms with E-state index < -0.39 is 0 Å². The van der Waals surface area contributed by atoms with Crippen LogP contribution in [0.3, 0.4) is 0 Å². The molecule has 3 nitrogen and oxygen atoms in total. The molecule has 0 unspecified atom stereocenters. The van der Waals surface area contributed by atoms with Crippen LogP contribution in [0.4, 0.5) is 0 Å². The lowest BCUT2D eigenvalue weighted by Crippen LogP contribution is -1.88. The summed E-state index contributed by atoms with van der Waals surface area (Å²) in [5.41, 5.74) is 3.67. The summed E-state index contributed by atoms with van der Waals surface area (Å²) in [7, 11) is 0. The topological polar surface area (TPSA) is 42.9 Å². The maximum absolute atomic E-state index is 10.7. The van der Waals surface area contributed by atoms with Gasteiger partial charge in [0.05, 0.1) is 16.2 Å². The van der Waals surface area contributed by atoms with Crippen molar-refractivity contribution in [1.29, 1.82) is 0 Å². The van der Waals surface area contributed by atoms with Gasteiger partial charge in [0.15, 0.2) is 11.3 Å². The molecule has 0 aliphatic carbocycles. The van der Waals surface area contributed by atoms with Crippen molar-refractivity contribution in [2.24, 2.45) is 0 Å². The first-order valence-electron chi connectivity index (χ1n) is 5.65. The molecule has 1 aromatic carbocycles. The maximum atomic E-state index is 10.7. The Kier molecular flexibility index (Phi) is 3.05. The molecule has 0 saturated heterocycles. The molecule has 19 heavy (non-hydrogen) atoms. The normalized spacial score (nSPS) is 10.8. The molecule has 0 aliphatic heterocycles. The fourth-order valence-corrected chi connectivity index (χ4v) is 2.84. The summed E-state index contributed by atoms with van der Waals surface area (Å²) in [6.45, 7) is 2.00. The molecule has 0 saturated carbocycles. The number of thiazole rings is 1. The Labute approximate surface area is 118 Å². The van der Waals surface area contributed by atoms with Crippen molar-refractivity contribution >= 4 is 40.1 Å².